The molecular weight excluding hydrogens is 522 g/mol. The lowest BCUT2D eigenvalue weighted by Gasteiger charge is -2.26. The van der Waals surface area contributed by atoms with E-state index in [2.05, 4.69) is 0 Å². The SMILES string of the molecule is COc1ccc(CN2C(=O)C(=O)/C(=C(/O)c3cc(Cl)c(OC)cc3OC)C2c2ccc(OC(C)C)cc2)cc1. The van der Waals surface area contributed by atoms with Crippen LogP contribution in [0.3, 0.4) is 0 Å². The lowest BCUT2D eigenvalue weighted by atomic mass is 9.94. The van der Waals surface area contributed by atoms with Gasteiger partial charge in [-0.1, -0.05) is 35.9 Å². The number of hydrogen-bond acceptors (Lipinski definition) is 7. The second-order valence-corrected chi connectivity index (χ2v) is 9.60. The minimum absolute atomic E-state index is 0.0242. The molecule has 1 fully saturated rings. The highest BCUT2D eigenvalue weighted by molar-refractivity contribution is 6.46. The van der Waals surface area contributed by atoms with Crippen LogP contribution in [0.1, 0.15) is 36.6 Å². The highest BCUT2D eigenvalue weighted by atomic mass is 35.5. The van der Waals surface area contributed by atoms with Gasteiger partial charge in [0.1, 0.15) is 28.8 Å². The molecule has 1 unspecified atom stereocenters. The van der Waals surface area contributed by atoms with Crippen LogP contribution < -0.4 is 18.9 Å². The van der Waals surface area contributed by atoms with Gasteiger partial charge in [0.25, 0.3) is 11.7 Å². The van der Waals surface area contributed by atoms with Crippen molar-refractivity contribution in [3.8, 4) is 23.0 Å². The van der Waals surface area contributed by atoms with E-state index in [4.69, 9.17) is 30.5 Å². The number of carbonyl (C=O) groups excluding carboxylic acids is 2. The van der Waals surface area contributed by atoms with Crippen molar-refractivity contribution in [1.29, 1.82) is 0 Å². The van der Waals surface area contributed by atoms with E-state index in [9.17, 15) is 14.7 Å². The average Bonchev–Trinajstić information content (AvgIpc) is 3.18. The number of aliphatic hydroxyl groups is 1. The quantitative estimate of drug-likeness (QED) is 0.205. The smallest absolute Gasteiger partial charge is 0.295 e. The summed E-state index contributed by atoms with van der Waals surface area (Å²) in [6.45, 7) is 3.97. The molecule has 204 valence electrons. The summed E-state index contributed by atoms with van der Waals surface area (Å²) in [7, 11) is 4.45. The summed E-state index contributed by atoms with van der Waals surface area (Å²) in [4.78, 5) is 28.3. The number of methoxy groups -OCH3 is 3. The fourth-order valence-corrected chi connectivity index (χ4v) is 4.75. The third-order valence-corrected chi connectivity index (χ3v) is 6.64. The minimum atomic E-state index is -0.884. The van der Waals surface area contributed by atoms with E-state index in [0.717, 1.165) is 5.56 Å². The number of halogens is 1. The summed E-state index contributed by atoms with van der Waals surface area (Å²) in [6.07, 6.45) is -0.0242. The zero-order valence-electron chi connectivity index (χ0n) is 22.4. The fourth-order valence-electron chi connectivity index (χ4n) is 4.51. The molecule has 1 N–H and O–H groups in total. The molecule has 1 aliphatic heterocycles. The third-order valence-electron chi connectivity index (χ3n) is 6.35. The summed E-state index contributed by atoms with van der Waals surface area (Å²) in [5.74, 6) is -0.0802. The normalized spacial score (nSPS) is 16.5. The molecule has 0 spiro atoms. The van der Waals surface area contributed by atoms with Gasteiger partial charge in [0.05, 0.1) is 49.6 Å². The van der Waals surface area contributed by atoms with Crippen LogP contribution in [0.2, 0.25) is 5.02 Å². The van der Waals surface area contributed by atoms with E-state index in [0.29, 0.717) is 22.8 Å². The molecule has 1 saturated heterocycles. The lowest BCUT2D eigenvalue weighted by Crippen LogP contribution is -2.29. The summed E-state index contributed by atoms with van der Waals surface area (Å²) in [6, 6.07) is 16.4. The van der Waals surface area contributed by atoms with Crippen molar-refractivity contribution in [2.75, 3.05) is 21.3 Å². The number of benzene rings is 3. The first kappa shape index (κ1) is 27.9. The molecule has 1 aliphatic rings. The van der Waals surface area contributed by atoms with Crippen LogP contribution in [0.25, 0.3) is 5.76 Å². The molecule has 1 heterocycles. The van der Waals surface area contributed by atoms with Gasteiger partial charge in [0.15, 0.2) is 0 Å². The second kappa shape index (κ2) is 11.7. The van der Waals surface area contributed by atoms with Crippen LogP contribution in [0.15, 0.2) is 66.2 Å². The van der Waals surface area contributed by atoms with E-state index in [1.165, 1.54) is 31.3 Å². The van der Waals surface area contributed by atoms with Crippen molar-refractivity contribution in [2.45, 2.75) is 32.5 Å². The van der Waals surface area contributed by atoms with Crippen molar-refractivity contribution in [3.05, 3.63) is 87.9 Å². The van der Waals surface area contributed by atoms with Gasteiger partial charge < -0.3 is 29.0 Å². The molecule has 8 nitrogen and oxygen atoms in total. The summed E-state index contributed by atoms with van der Waals surface area (Å²) < 4.78 is 21.7. The average molecular weight is 552 g/mol. The molecule has 0 saturated carbocycles. The number of ketones is 1. The Labute approximate surface area is 232 Å². The standard InChI is InChI=1S/C30H30ClNO7/c1-17(2)39-21-12-8-19(9-13-21)27-26(28(33)22-14-23(31)25(38-5)15-24(22)37-4)29(34)30(35)32(27)16-18-6-10-20(36-3)11-7-18/h6-15,17,27,33H,16H2,1-5H3/b28-26+. The Bertz CT molecular complexity index is 1400. The number of aliphatic hydroxyl groups excluding tert-OH is 1. The molecule has 9 heteroatoms. The number of amides is 1. The van der Waals surface area contributed by atoms with Crippen LogP contribution in [0, 0.1) is 0 Å². The highest BCUT2D eigenvalue weighted by Crippen LogP contribution is 2.44. The molecule has 0 radical (unpaired) electrons. The fraction of sp³-hybridized carbons (Fsp3) is 0.267. The predicted molar refractivity (Wildman–Crippen MR) is 148 cm³/mol. The second-order valence-electron chi connectivity index (χ2n) is 9.20. The van der Waals surface area contributed by atoms with Crippen molar-refractivity contribution >= 4 is 29.1 Å². The Morgan fingerprint density at radius 3 is 2.08 bits per heavy atom. The van der Waals surface area contributed by atoms with Gasteiger partial charge in [-0.15, -0.1) is 0 Å². The Morgan fingerprint density at radius 1 is 0.897 bits per heavy atom. The van der Waals surface area contributed by atoms with E-state index in [1.54, 1.807) is 43.5 Å². The van der Waals surface area contributed by atoms with E-state index in [1.807, 2.05) is 26.0 Å². The zero-order valence-corrected chi connectivity index (χ0v) is 23.1. The first-order valence-electron chi connectivity index (χ1n) is 12.3. The number of carbonyl (C=O) groups is 2. The topological polar surface area (TPSA) is 94.5 Å². The van der Waals surface area contributed by atoms with Crippen molar-refractivity contribution < 1.29 is 33.6 Å². The highest BCUT2D eigenvalue weighted by Gasteiger charge is 2.46. The zero-order chi connectivity index (χ0) is 28.3. The van der Waals surface area contributed by atoms with Gasteiger partial charge in [0.2, 0.25) is 0 Å². The number of nitrogens with zero attached hydrogens (tertiary/aromatic N) is 1. The molecule has 3 aromatic rings. The number of hydrogen-bond donors (Lipinski definition) is 1. The van der Waals surface area contributed by atoms with E-state index in [-0.39, 0.29) is 34.6 Å². The molecule has 0 bridgehead atoms. The van der Waals surface area contributed by atoms with Crippen LogP contribution in [-0.4, -0.2) is 49.1 Å². The monoisotopic (exact) mass is 551 g/mol. The summed E-state index contributed by atoms with van der Waals surface area (Å²) in [5, 5.41) is 11.7. The van der Waals surface area contributed by atoms with Gasteiger partial charge in [-0.2, -0.15) is 0 Å². The largest absolute Gasteiger partial charge is 0.507 e. The van der Waals surface area contributed by atoms with Gasteiger partial charge in [0, 0.05) is 12.6 Å². The predicted octanol–water partition coefficient (Wildman–Crippen LogP) is 5.77. The van der Waals surface area contributed by atoms with Crippen LogP contribution in [0.5, 0.6) is 23.0 Å². The Balaban J connectivity index is 1.86. The van der Waals surface area contributed by atoms with Crippen LogP contribution in [0.4, 0.5) is 0 Å². The Kier molecular flexibility index (Phi) is 8.35. The minimum Gasteiger partial charge on any atom is -0.507 e. The first-order valence-corrected chi connectivity index (χ1v) is 12.7. The third kappa shape index (κ3) is 5.66. The molecular formula is C30H30ClNO7. The number of likely N-dealkylation sites (tertiary alicyclic amines) is 1. The van der Waals surface area contributed by atoms with E-state index < -0.39 is 23.5 Å². The van der Waals surface area contributed by atoms with Crippen molar-refractivity contribution in [1.82, 2.24) is 4.90 Å². The Hall–Kier alpha value is -4.17. The molecule has 39 heavy (non-hydrogen) atoms. The Morgan fingerprint density at radius 2 is 1.51 bits per heavy atom. The van der Waals surface area contributed by atoms with Crippen LogP contribution >= 0.6 is 11.6 Å². The molecule has 0 aliphatic carbocycles. The maximum Gasteiger partial charge on any atom is 0.295 e. The molecule has 0 aromatic heterocycles. The molecule has 1 atom stereocenters. The van der Waals surface area contributed by atoms with Gasteiger partial charge in [-0.3, -0.25) is 9.59 Å². The van der Waals surface area contributed by atoms with Gasteiger partial charge in [-0.25, -0.2) is 0 Å². The summed E-state index contributed by atoms with van der Waals surface area (Å²) >= 11 is 6.35. The number of ether oxygens (including phenoxy) is 4. The maximum absolute atomic E-state index is 13.5. The van der Waals surface area contributed by atoms with Crippen molar-refractivity contribution in [2.24, 2.45) is 0 Å². The number of Topliss-reactive ketones (excluding diaryl/α,β-unsaturated/α-hetero) is 1. The van der Waals surface area contributed by atoms with Gasteiger partial charge in [-0.05, 0) is 55.3 Å². The van der Waals surface area contributed by atoms with Gasteiger partial charge >= 0.3 is 0 Å². The van der Waals surface area contributed by atoms with E-state index >= 15 is 0 Å². The first-order chi connectivity index (χ1) is 18.7. The number of rotatable bonds is 9. The molecule has 1 amide bonds. The lowest BCUT2D eigenvalue weighted by molar-refractivity contribution is -0.140. The van der Waals surface area contributed by atoms with Crippen molar-refractivity contribution in [3.63, 3.8) is 0 Å². The maximum atomic E-state index is 13.5. The summed E-state index contributed by atoms with van der Waals surface area (Å²) in [5.41, 5.74) is 1.49. The molecule has 3 aromatic carbocycles. The molecule has 4 rings (SSSR count). The van der Waals surface area contributed by atoms with Crippen LogP contribution in [-0.2, 0) is 16.1 Å².